The average Bonchev–Trinajstić information content (AvgIpc) is 2.85. The summed E-state index contributed by atoms with van der Waals surface area (Å²) in [7, 11) is 0. The Morgan fingerprint density at radius 1 is 1.29 bits per heavy atom. The van der Waals surface area contributed by atoms with Crippen LogP contribution < -0.4 is 4.74 Å². The Morgan fingerprint density at radius 3 is 2.71 bits per heavy atom. The van der Waals surface area contributed by atoms with Gasteiger partial charge in [0.25, 0.3) is 0 Å². The molecule has 0 unspecified atom stereocenters. The molecule has 2 heterocycles. The lowest BCUT2D eigenvalue weighted by molar-refractivity contribution is 0.340. The van der Waals surface area contributed by atoms with Gasteiger partial charge in [-0.25, -0.2) is 4.98 Å². The van der Waals surface area contributed by atoms with Crippen LogP contribution in [0.25, 0.3) is 16.9 Å². The van der Waals surface area contributed by atoms with Crippen LogP contribution in [-0.4, -0.2) is 16.0 Å². The van der Waals surface area contributed by atoms with Crippen LogP contribution in [0.15, 0.2) is 42.6 Å². The van der Waals surface area contributed by atoms with E-state index in [1.165, 1.54) is 0 Å². The molecule has 0 atom stereocenters. The van der Waals surface area contributed by atoms with Gasteiger partial charge >= 0.3 is 0 Å². The standard InChI is InChI=1S/C16H12ClN3O/c1-2-21-13-5-3-11(4-6-13)16-14(10-18)20-8-7-12(17)9-15(20)19-16/h3-9H,2H2,1H3. The van der Waals surface area contributed by atoms with E-state index < -0.39 is 0 Å². The highest BCUT2D eigenvalue weighted by Crippen LogP contribution is 2.26. The van der Waals surface area contributed by atoms with Crippen LogP contribution in [0, 0.1) is 11.3 Å². The molecule has 21 heavy (non-hydrogen) atoms. The van der Waals surface area contributed by atoms with Crippen molar-refractivity contribution in [2.45, 2.75) is 6.92 Å². The van der Waals surface area contributed by atoms with Gasteiger partial charge in [0, 0.05) is 22.8 Å². The number of imidazole rings is 1. The molecule has 0 radical (unpaired) electrons. The van der Waals surface area contributed by atoms with Crippen molar-refractivity contribution >= 4 is 17.2 Å². The summed E-state index contributed by atoms with van der Waals surface area (Å²) in [6.45, 7) is 2.56. The van der Waals surface area contributed by atoms with Gasteiger partial charge in [0.05, 0.1) is 6.61 Å². The largest absolute Gasteiger partial charge is 0.494 e. The van der Waals surface area contributed by atoms with E-state index >= 15 is 0 Å². The number of nitriles is 1. The average molecular weight is 298 g/mol. The Bertz CT molecular complexity index is 831. The maximum Gasteiger partial charge on any atom is 0.152 e. The monoisotopic (exact) mass is 297 g/mol. The van der Waals surface area contributed by atoms with Crippen LogP contribution in [0.3, 0.4) is 0 Å². The van der Waals surface area contributed by atoms with Crippen molar-refractivity contribution in [3.63, 3.8) is 0 Å². The van der Waals surface area contributed by atoms with E-state index in [9.17, 15) is 5.26 Å². The second-order valence-corrected chi connectivity index (χ2v) is 4.89. The minimum absolute atomic E-state index is 0.492. The quantitative estimate of drug-likeness (QED) is 0.736. The van der Waals surface area contributed by atoms with E-state index in [1.807, 2.05) is 31.2 Å². The van der Waals surface area contributed by atoms with Crippen molar-refractivity contribution in [2.24, 2.45) is 0 Å². The molecular weight excluding hydrogens is 286 g/mol. The Morgan fingerprint density at radius 2 is 2.05 bits per heavy atom. The maximum absolute atomic E-state index is 9.41. The third-order valence-electron chi connectivity index (χ3n) is 3.13. The molecule has 0 saturated carbocycles. The van der Waals surface area contributed by atoms with E-state index in [2.05, 4.69) is 11.1 Å². The van der Waals surface area contributed by atoms with Crippen molar-refractivity contribution in [2.75, 3.05) is 6.61 Å². The van der Waals surface area contributed by atoms with E-state index in [-0.39, 0.29) is 0 Å². The van der Waals surface area contributed by atoms with Gasteiger partial charge in [-0.1, -0.05) is 11.6 Å². The number of ether oxygens (including phenoxy) is 1. The lowest BCUT2D eigenvalue weighted by Crippen LogP contribution is -1.91. The summed E-state index contributed by atoms with van der Waals surface area (Å²) >= 11 is 5.97. The topological polar surface area (TPSA) is 50.3 Å². The highest BCUT2D eigenvalue weighted by molar-refractivity contribution is 6.30. The van der Waals surface area contributed by atoms with Gasteiger partial charge in [0.2, 0.25) is 0 Å². The number of aromatic nitrogens is 2. The number of nitrogens with zero attached hydrogens (tertiary/aromatic N) is 3. The summed E-state index contributed by atoms with van der Waals surface area (Å²) < 4.78 is 7.15. The zero-order chi connectivity index (χ0) is 14.8. The van der Waals surface area contributed by atoms with E-state index in [1.54, 1.807) is 22.7 Å². The van der Waals surface area contributed by atoms with Gasteiger partial charge in [-0.2, -0.15) is 5.26 Å². The molecule has 0 fully saturated rings. The Kier molecular flexibility index (Phi) is 3.51. The zero-order valence-electron chi connectivity index (χ0n) is 11.4. The van der Waals surface area contributed by atoms with E-state index in [0.29, 0.717) is 28.7 Å². The predicted octanol–water partition coefficient (Wildman–Crippen LogP) is 3.93. The second-order valence-electron chi connectivity index (χ2n) is 4.45. The van der Waals surface area contributed by atoms with Gasteiger partial charge in [0.1, 0.15) is 23.2 Å². The smallest absolute Gasteiger partial charge is 0.152 e. The molecule has 0 aliphatic rings. The zero-order valence-corrected chi connectivity index (χ0v) is 12.1. The second kappa shape index (κ2) is 5.47. The molecule has 0 N–H and O–H groups in total. The maximum atomic E-state index is 9.41. The number of benzene rings is 1. The molecule has 2 aromatic heterocycles. The number of rotatable bonds is 3. The number of hydrogen-bond donors (Lipinski definition) is 0. The molecule has 4 nitrogen and oxygen atoms in total. The van der Waals surface area contributed by atoms with Crippen molar-refractivity contribution in [3.05, 3.63) is 53.3 Å². The first-order valence-electron chi connectivity index (χ1n) is 6.54. The van der Waals surface area contributed by atoms with Crippen molar-refractivity contribution in [1.29, 1.82) is 5.26 Å². The van der Waals surface area contributed by atoms with Crippen LogP contribution >= 0.6 is 11.6 Å². The molecule has 3 rings (SSSR count). The molecule has 0 spiro atoms. The fourth-order valence-corrected chi connectivity index (χ4v) is 2.36. The highest BCUT2D eigenvalue weighted by Gasteiger charge is 2.13. The minimum Gasteiger partial charge on any atom is -0.494 e. The van der Waals surface area contributed by atoms with Gasteiger partial charge in [-0.3, -0.25) is 4.40 Å². The first-order chi connectivity index (χ1) is 10.2. The Hall–Kier alpha value is -2.51. The highest BCUT2D eigenvalue weighted by atomic mass is 35.5. The summed E-state index contributed by atoms with van der Waals surface area (Å²) in [6.07, 6.45) is 1.75. The normalized spacial score (nSPS) is 10.5. The summed E-state index contributed by atoms with van der Waals surface area (Å²) in [5.41, 5.74) is 2.66. The number of pyridine rings is 1. The Labute approximate surface area is 127 Å². The SMILES string of the molecule is CCOc1ccc(-c2nc3cc(Cl)ccn3c2C#N)cc1. The van der Waals surface area contributed by atoms with Crippen LogP contribution in [-0.2, 0) is 0 Å². The fourth-order valence-electron chi connectivity index (χ4n) is 2.20. The molecule has 5 heteroatoms. The molecule has 3 aromatic rings. The lowest BCUT2D eigenvalue weighted by Gasteiger charge is -2.03. The molecule has 0 aliphatic heterocycles. The Balaban J connectivity index is 2.13. The molecule has 104 valence electrons. The summed E-state index contributed by atoms with van der Waals surface area (Å²) in [4.78, 5) is 4.51. The van der Waals surface area contributed by atoms with Crippen LogP contribution in [0.4, 0.5) is 0 Å². The molecule has 0 aliphatic carbocycles. The van der Waals surface area contributed by atoms with E-state index in [0.717, 1.165) is 11.3 Å². The molecule has 0 amide bonds. The summed E-state index contributed by atoms with van der Waals surface area (Å²) in [6, 6.07) is 13.2. The molecule has 0 saturated heterocycles. The van der Waals surface area contributed by atoms with Crippen LogP contribution in [0.5, 0.6) is 5.75 Å². The van der Waals surface area contributed by atoms with Gasteiger partial charge in [-0.05, 0) is 37.3 Å². The van der Waals surface area contributed by atoms with Crippen LogP contribution in [0.2, 0.25) is 5.02 Å². The molecule has 1 aromatic carbocycles. The van der Waals surface area contributed by atoms with Gasteiger partial charge < -0.3 is 4.74 Å². The fraction of sp³-hybridized carbons (Fsp3) is 0.125. The third-order valence-corrected chi connectivity index (χ3v) is 3.37. The molecular formula is C16H12ClN3O. The van der Waals surface area contributed by atoms with E-state index in [4.69, 9.17) is 16.3 Å². The summed E-state index contributed by atoms with van der Waals surface area (Å²) in [5.74, 6) is 0.798. The first-order valence-corrected chi connectivity index (χ1v) is 6.91. The predicted molar refractivity (Wildman–Crippen MR) is 81.5 cm³/mol. The minimum atomic E-state index is 0.492. The van der Waals surface area contributed by atoms with Crippen molar-refractivity contribution in [1.82, 2.24) is 9.38 Å². The third kappa shape index (κ3) is 2.44. The van der Waals surface area contributed by atoms with Crippen molar-refractivity contribution < 1.29 is 4.74 Å². The van der Waals surface area contributed by atoms with Crippen molar-refractivity contribution in [3.8, 4) is 23.1 Å². The van der Waals surface area contributed by atoms with Gasteiger partial charge in [-0.15, -0.1) is 0 Å². The first kappa shape index (κ1) is 13.5. The number of fused-ring (bicyclic) bond motifs is 1. The number of halogens is 1. The lowest BCUT2D eigenvalue weighted by atomic mass is 10.1. The molecule has 0 bridgehead atoms. The number of hydrogen-bond acceptors (Lipinski definition) is 3. The van der Waals surface area contributed by atoms with Gasteiger partial charge in [0.15, 0.2) is 5.69 Å². The summed E-state index contributed by atoms with van der Waals surface area (Å²) in [5, 5.41) is 10.00. The van der Waals surface area contributed by atoms with Crippen LogP contribution in [0.1, 0.15) is 12.6 Å².